The highest BCUT2D eigenvalue weighted by molar-refractivity contribution is 9.10. The molecule has 1 heterocycles. The van der Waals surface area contributed by atoms with Crippen molar-refractivity contribution in [1.29, 1.82) is 0 Å². The van der Waals surface area contributed by atoms with Crippen molar-refractivity contribution >= 4 is 26.0 Å². The van der Waals surface area contributed by atoms with Crippen LogP contribution in [0.3, 0.4) is 0 Å². The standard InChI is InChI=1S/C14H15BrN2O3S/c1-9-6-11(15)7-13(21(16,18)19)14(9)20-8-12-5-3-4-10(2)17-12/h3-7H,8H2,1-2H3,(H2,16,18,19). The van der Waals surface area contributed by atoms with Crippen LogP contribution in [0.5, 0.6) is 5.75 Å². The van der Waals surface area contributed by atoms with Crippen LogP contribution in [0.2, 0.25) is 0 Å². The summed E-state index contributed by atoms with van der Waals surface area (Å²) in [4.78, 5) is 4.27. The van der Waals surface area contributed by atoms with E-state index >= 15 is 0 Å². The number of aryl methyl sites for hydroxylation is 2. The Morgan fingerprint density at radius 3 is 2.62 bits per heavy atom. The highest BCUT2D eigenvalue weighted by Gasteiger charge is 2.18. The summed E-state index contributed by atoms with van der Waals surface area (Å²) < 4.78 is 29.6. The zero-order valence-corrected chi connectivity index (χ0v) is 14.0. The minimum atomic E-state index is -3.87. The molecule has 5 nitrogen and oxygen atoms in total. The molecule has 0 saturated heterocycles. The van der Waals surface area contributed by atoms with E-state index in [-0.39, 0.29) is 17.3 Å². The molecule has 0 bridgehead atoms. The van der Waals surface area contributed by atoms with Crippen LogP contribution >= 0.6 is 15.9 Å². The Labute approximate surface area is 132 Å². The molecule has 21 heavy (non-hydrogen) atoms. The van der Waals surface area contributed by atoms with Crippen molar-refractivity contribution in [2.75, 3.05) is 0 Å². The van der Waals surface area contributed by atoms with E-state index in [0.717, 1.165) is 11.4 Å². The minimum absolute atomic E-state index is 0.0398. The average Bonchev–Trinajstić information content (AvgIpc) is 2.36. The number of nitrogens with two attached hydrogens (primary N) is 1. The molecule has 0 atom stereocenters. The van der Waals surface area contributed by atoms with Gasteiger partial charge in [0.2, 0.25) is 10.0 Å². The maximum Gasteiger partial charge on any atom is 0.241 e. The van der Waals surface area contributed by atoms with Crippen molar-refractivity contribution < 1.29 is 13.2 Å². The molecule has 0 spiro atoms. The van der Waals surface area contributed by atoms with Crippen LogP contribution in [0.4, 0.5) is 0 Å². The van der Waals surface area contributed by atoms with Gasteiger partial charge in [-0.15, -0.1) is 0 Å². The van der Waals surface area contributed by atoms with Crippen LogP contribution in [0.1, 0.15) is 17.0 Å². The molecule has 0 saturated carbocycles. The third-order valence-corrected chi connectivity index (χ3v) is 4.20. The summed E-state index contributed by atoms with van der Waals surface area (Å²) in [6.07, 6.45) is 0. The Hall–Kier alpha value is -1.44. The lowest BCUT2D eigenvalue weighted by Crippen LogP contribution is -2.15. The van der Waals surface area contributed by atoms with Crippen molar-refractivity contribution in [3.8, 4) is 5.75 Å². The number of sulfonamides is 1. The Bertz CT molecular complexity index is 776. The lowest BCUT2D eigenvalue weighted by molar-refractivity contribution is 0.291. The summed E-state index contributed by atoms with van der Waals surface area (Å²) in [6, 6.07) is 8.77. The molecule has 0 aliphatic carbocycles. The number of ether oxygens (including phenoxy) is 1. The topological polar surface area (TPSA) is 82.3 Å². The number of halogens is 1. The summed E-state index contributed by atoms with van der Waals surface area (Å²) in [5.74, 6) is 0.254. The van der Waals surface area contributed by atoms with Crippen LogP contribution in [0, 0.1) is 13.8 Å². The van der Waals surface area contributed by atoms with E-state index in [1.807, 2.05) is 25.1 Å². The number of nitrogens with zero attached hydrogens (tertiary/aromatic N) is 1. The van der Waals surface area contributed by atoms with Crippen LogP contribution < -0.4 is 9.88 Å². The van der Waals surface area contributed by atoms with Gasteiger partial charge in [0, 0.05) is 10.2 Å². The summed E-state index contributed by atoms with van der Waals surface area (Å²) in [5, 5.41) is 5.24. The molecule has 2 rings (SSSR count). The van der Waals surface area contributed by atoms with Gasteiger partial charge in [-0.2, -0.15) is 0 Å². The molecular weight excluding hydrogens is 356 g/mol. The maximum atomic E-state index is 11.7. The Balaban J connectivity index is 2.36. The zero-order valence-electron chi connectivity index (χ0n) is 11.6. The van der Waals surface area contributed by atoms with Gasteiger partial charge in [-0.1, -0.05) is 22.0 Å². The third-order valence-electron chi connectivity index (χ3n) is 2.82. The van der Waals surface area contributed by atoms with Gasteiger partial charge in [0.1, 0.15) is 17.3 Å². The predicted molar refractivity (Wildman–Crippen MR) is 83.6 cm³/mol. The lowest BCUT2D eigenvalue weighted by Gasteiger charge is -2.13. The van der Waals surface area contributed by atoms with Crippen LogP contribution in [0.15, 0.2) is 39.7 Å². The molecule has 0 aliphatic heterocycles. The SMILES string of the molecule is Cc1cccc(COc2c(C)cc(Br)cc2S(N)(=O)=O)n1. The van der Waals surface area contributed by atoms with Crippen LogP contribution in [-0.2, 0) is 16.6 Å². The fourth-order valence-electron chi connectivity index (χ4n) is 1.92. The zero-order chi connectivity index (χ0) is 15.6. The molecule has 2 N–H and O–H groups in total. The Kier molecular flexibility index (Phi) is 4.65. The number of benzene rings is 1. The molecule has 7 heteroatoms. The van der Waals surface area contributed by atoms with Gasteiger partial charge in [0.25, 0.3) is 0 Å². The molecule has 0 unspecified atom stereocenters. The van der Waals surface area contributed by atoms with Gasteiger partial charge in [0.05, 0.1) is 5.69 Å². The number of aromatic nitrogens is 1. The second kappa shape index (κ2) is 6.13. The highest BCUT2D eigenvalue weighted by atomic mass is 79.9. The predicted octanol–water partition coefficient (Wildman–Crippen LogP) is 2.69. The fourth-order valence-corrected chi connectivity index (χ4v) is 3.41. The molecule has 2 aromatic rings. The summed E-state index contributed by atoms with van der Waals surface area (Å²) >= 11 is 3.26. The van der Waals surface area contributed by atoms with Crippen molar-refractivity contribution in [2.24, 2.45) is 5.14 Å². The van der Waals surface area contributed by atoms with Crippen LogP contribution in [0.25, 0.3) is 0 Å². The van der Waals surface area contributed by atoms with Crippen molar-refractivity contribution in [1.82, 2.24) is 4.98 Å². The summed E-state index contributed by atoms with van der Waals surface area (Å²) in [5.41, 5.74) is 2.27. The first-order valence-corrected chi connectivity index (χ1v) is 8.49. The molecule has 0 fully saturated rings. The normalized spacial score (nSPS) is 11.4. The summed E-state index contributed by atoms with van der Waals surface area (Å²) in [6.45, 7) is 3.81. The van der Waals surface area contributed by atoms with Gasteiger partial charge < -0.3 is 4.74 Å². The lowest BCUT2D eigenvalue weighted by atomic mass is 10.2. The largest absolute Gasteiger partial charge is 0.486 e. The summed E-state index contributed by atoms with van der Waals surface area (Å²) in [7, 11) is -3.87. The molecule has 1 aromatic carbocycles. The van der Waals surface area contributed by atoms with E-state index in [0.29, 0.717) is 10.0 Å². The second-order valence-electron chi connectivity index (χ2n) is 4.65. The number of hydrogen-bond donors (Lipinski definition) is 1. The Morgan fingerprint density at radius 1 is 1.29 bits per heavy atom. The van der Waals surface area contributed by atoms with Gasteiger partial charge in [-0.05, 0) is 43.7 Å². The first kappa shape index (κ1) is 15.9. The number of pyridine rings is 1. The van der Waals surface area contributed by atoms with Crippen molar-refractivity contribution in [2.45, 2.75) is 25.3 Å². The molecule has 0 radical (unpaired) electrons. The second-order valence-corrected chi connectivity index (χ2v) is 7.10. The van der Waals surface area contributed by atoms with E-state index in [2.05, 4.69) is 20.9 Å². The van der Waals surface area contributed by atoms with E-state index in [9.17, 15) is 8.42 Å². The monoisotopic (exact) mass is 370 g/mol. The highest BCUT2D eigenvalue weighted by Crippen LogP contribution is 2.31. The third kappa shape index (κ3) is 4.03. The van der Waals surface area contributed by atoms with Gasteiger partial charge in [-0.3, -0.25) is 4.98 Å². The van der Waals surface area contributed by atoms with E-state index in [1.54, 1.807) is 13.0 Å². The van der Waals surface area contributed by atoms with E-state index in [1.165, 1.54) is 6.07 Å². The molecular formula is C14H15BrN2O3S. The van der Waals surface area contributed by atoms with Crippen molar-refractivity contribution in [3.63, 3.8) is 0 Å². The number of rotatable bonds is 4. The van der Waals surface area contributed by atoms with E-state index < -0.39 is 10.0 Å². The first-order chi connectivity index (χ1) is 9.77. The smallest absolute Gasteiger partial charge is 0.241 e. The van der Waals surface area contributed by atoms with Crippen LogP contribution in [-0.4, -0.2) is 13.4 Å². The van der Waals surface area contributed by atoms with E-state index in [4.69, 9.17) is 9.88 Å². The number of hydrogen-bond acceptors (Lipinski definition) is 4. The average molecular weight is 371 g/mol. The molecule has 112 valence electrons. The fraction of sp³-hybridized carbons (Fsp3) is 0.214. The van der Waals surface area contributed by atoms with Gasteiger partial charge >= 0.3 is 0 Å². The quantitative estimate of drug-likeness (QED) is 0.896. The molecule has 1 aromatic heterocycles. The minimum Gasteiger partial charge on any atom is -0.486 e. The van der Waals surface area contributed by atoms with Gasteiger partial charge in [0.15, 0.2) is 0 Å². The van der Waals surface area contributed by atoms with Crippen molar-refractivity contribution in [3.05, 3.63) is 51.8 Å². The first-order valence-electron chi connectivity index (χ1n) is 6.15. The number of primary sulfonamides is 1. The Morgan fingerprint density at radius 2 is 2.00 bits per heavy atom. The molecule has 0 amide bonds. The molecule has 0 aliphatic rings. The maximum absolute atomic E-state index is 11.7. The van der Waals surface area contributed by atoms with Gasteiger partial charge in [-0.25, -0.2) is 13.6 Å².